The van der Waals surface area contributed by atoms with Gasteiger partial charge in [-0.25, -0.2) is 4.79 Å². The molecule has 4 aliphatic carbocycles. The van der Waals surface area contributed by atoms with Gasteiger partial charge in [0.05, 0.1) is 12.5 Å². The molecule has 3 saturated carbocycles. The lowest BCUT2D eigenvalue weighted by molar-refractivity contribution is -0.184. The molecule has 0 unspecified atom stereocenters. The standard InChI is InChI=1S/C36H54N2O10/c1-19(2)15-25(33(45)46)37-32(44)31(20(3)4)38-28(42)9-10-29(43)48-18-27(41)36(47)14-12-24-23-8-7-21-16-22(39)11-13-34(21,5)30(23)26(40)17-35(24,36)6/h16,19-20,23-26,30-31,40,47H,7-15,17-18H2,1-6H3,(H,37,44)(H,38,42)(H,45,46)/t23-,24+,25-,26+,30+,31-,34+,35+,36+/m1/s1. The van der Waals surface area contributed by atoms with E-state index in [1.165, 1.54) is 0 Å². The van der Waals surface area contributed by atoms with Crippen molar-refractivity contribution in [2.75, 3.05) is 6.61 Å². The highest BCUT2D eigenvalue weighted by molar-refractivity contribution is 5.93. The van der Waals surface area contributed by atoms with E-state index in [2.05, 4.69) is 17.6 Å². The molecule has 0 aromatic heterocycles. The number of carbonyl (C=O) groups is 6. The third kappa shape index (κ3) is 7.25. The number of amides is 2. The monoisotopic (exact) mass is 674 g/mol. The minimum absolute atomic E-state index is 0.0162. The molecule has 4 aliphatic rings. The molecule has 0 aromatic rings. The van der Waals surface area contributed by atoms with Gasteiger partial charge in [0.15, 0.2) is 12.4 Å². The molecule has 0 spiro atoms. The number of carboxylic acid groups (broad SMARTS) is 1. The molecule has 0 aliphatic heterocycles. The number of Topliss-reactive ketones (excluding diaryl/α,β-unsaturated/α-hetero) is 1. The molecule has 0 heterocycles. The van der Waals surface area contributed by atoms with E-state index in [1.807, 2.05) is 20.8 Å². The van der Waals surface area contributed by atoms with Gasteiger partial charge >= 0.3 is 11.9 Å². The van der Waals surface area contributed by atoms with Gasteiger partial charge in [0, 0.05) is 18.3 Å². The summed E-state index contributed by atoms with van der Waals surface area (Å²) in [5, 5.41) is 38.0. The number of esters is 1. The van der Waals surface area contributed by atoms with Crippen LogP contribution in [0.4, 0.5) is 0 Å². The quantitative estimate of drug-likeness (QED) is 0.181. The highest BCUT2D eigenvalue weighted by Crippen LogP contribution is 2.67. The summed E-state index contributed by atoms with van der Waals surface area (Å²) >= 11 is 0. The number of hydrogen-bond donors (Lipinski definition) is 5. The van der Waals surface area contributed by atoms with Gasteiger partial charge in [-0.1, -0.05) is 47.1 Å². The Morgan fingerprint density at radius 1 is 1.00 bits per heavy atom. The Hall–Kier alpha value is -3.12. The first-order valence-corrected chi connectivity index (χ1v) is 17.5. The summed E-state index contributed by atoms with van der Waals surface area (Å²) in [6.45, 7) is 10.4. The van der Waals surface area contributed by atoms with Crippen LogP contribution in [0.25, 0.3) is 0 Å². The van der Waals surface area contributed by atoms with Gasteiger partial charge in [-0.05, 0) is 86.0 Å². The van der Waals surface area contributed by atoms with Crippen molar-refractivity contribution >= 4 is 35.3 Å². The summed E-state index contributed by atoms with van der Waals surface area (Å²) in [4.78, 5) is 75.4. The molecule has 0 saturated heterocycles. The lowest BCUT2D eigenvalue weighted by Gasteiger charge is -2.60. The minimum atomic E-state index is -1.79. The van der Waals surface area contributed by atoms with Crippen molar-refractivity contribution in [3.8, 4) is 0 Å². The van der Waals surface area contributed by atoms with E-state index < -0.39 is 65.3 Å². The number of hydrogen-bond acceptors (Lipinski definition) is 9. The molecule has 0 bridgehead atoms. The fourth-order valence-electron chi connectivity index (χ4n) is 9.44. The van der Waals surface area contributed by atoms with Crippen molar-refractivity contribution < 1.29 is 48.8 Å². The van der Waals surface area contributed by atoms with Gasteiger partial charge in [-0.2, -0.15) is 0 Å². The normalized spacial score (nSPS) is 33.9. The second kappa shape index (κ2) is 14.4. The highest BCUT2D eigenvalue weighted by atomic mass is 16.5. The van der Waals surface area contributed by atoms with Crippen LogP contribution < -0.4 is 10.6 Å². The van der Waals surface area contributed by atoms with Gasteiger partial charge in [0.1, 0.15) is 17.7 Å². The predicted molar refractivity (Wildman–Crippen MR) is 174 cm³/mol. The average Bonchev–Trinajstić information content (AvgIpc) is 3.27. The van der Waals surface area contributed by atoms with E-state index in [0.29, 0.717) is 19.3 Å². The van der Waals surface area contributed by atoms with Crippen molar-refractivity contribution in [2.24, 2.45) is 40.4 Å². The molecule has 48 heavy (non-hydrogen) atoms. The van der Waals surface area contributed by atoms with Gasteiger partial charge in [0.2, 0.25) is 17.6 Å². The van der Waals surface area contributed by atoms with Crippen LogP contribution in [-0.4, -0.2) is 81.0 Å². The first kappa shape index (κ1) is 37.7. The zero-order valence-electron chi connectivity index (χ0n) is 29.2. The van der Waals surface area contributed by atoms with Gasteiger partial charge < -0.3 is 30.7 Å². The number of fused-ring (bicyclic) bond motifs is 5. The smallest absolute Gasteiger partial charge is 0.326 e. The fourth-order valence-corrected chi connectivity index (χ4v) is 9.44. The predicted octanol–water partition coefficient (Wildman–Crippen LogP) is 2.87. The molecule has 5 N–H and O–H groups in total. The maximum atomic E-state index is 13.5. The van der Waals surface area contributed by atoms with Gasteiger partial charge in [-0.15, -0.1) is 0 Å². The Bertz CT molecular complexity index is 1340. The summed E-state index contributed by atoms with van der Waals surface area (Å²) in [7, 11) is 0. The number of nitrogens with one attached hydrogen (secondary N) is 2. The van der Waals surface area contributed by atoms with E-state index in [0.717, 1.165) is 18.4 Å². The molecule has 12 nitrogen and oxygen atoms in total. The van der Waals surface area contributed by atoms with E-state index in [-0.39, 0.29) is 72.9 Å². The Morgan fingerprint density at radius 3 is 2.31 bits per heavy atom. The SMILES string of the molecule is CC(C)C[C@@H](NC(=O)[C@H](NC(=O)CCC(=O)OCC(=O)[C@@]1(O)CC[C@H]2[C@H]3CCC4=CC(=O)CC[C@]4(C)[C@@H]3[C@@H](O)C[C@@]21C)C(C)C)C(=O)O. The van der Waals surface area contributed by atoms with Crippen molar-refractivity contribution in [2.45, 2.75) is 130 Å². The largest absolute Gasteiger partial charge is 0.480 e. The molecule has 0 aromatic carbocycles. The minimum Gasteiger partial charge on any atom is -0.480 e. The van der Waals surface area contributed by atoms with Gasteiger partial charge in [0.25, 0.3) is 0 Å². The number of aliphatic hydroxyl groups excluding tert-OH is 1. The molecular formula is C36H54N2O10. The summed E-state index contributed by atoms with van der Waals surface area (Å²) in [5.41, 5.74) is -1.90. The first-order valence-electron chi connectivity index (χ1n) is 17.5. The van der Waals surface area contributed by atoms with E-state index in [1.54, 1.807) is 19.9 Å². The van der Waals surface area contributed by atoms with Crippen LogP contribution in [0.2, 0.25) is 0 Å². The number of allylic oxidation sites excluding steroid dienone is 1. The highest BCUT2D eigenvalue weighted by Gasteiger charge is 2.68. The first-order chi connectivity index (χ1) is 22.3. The van der Waals surface area contributed by atoms with Gasteiger partial charge in [-0.3, -0.25) is 24.0 Å². The van der Waals surface area contributed by atoms with Crippen LogP contribution in [-0.2, 0) is 33.5 Å². The third-order valence-corrected chi connectivity index (χ3v) is 12.0. The molecule has 2 amide bonds. The summed E-state index contributed by atoms with van der Waals surface area (Å²) in [6.07, 6.45) is 4.21. The van der Waals surface area contributed by atoms with Crippen LogP contribution in [0.1, 0.15) is 106 Å². The lowest BCUT2D eigenvalue weighted by Crippen LogP contribution is -2.62. The molecule has 268 valence electrons. The number of ketones is 2. The van der Waals surface area contributed by atoms with Crippen LogP contribution in [0.5, 0.6) is 0 Å². The van der Waals surface area contributed by atoms with E-state index >= 15 is 0 Å². The lowest BCUT2D eigenvalue weighted by atomic mass is 9.45. The average molecular weight is 675 g/mol. The van der Waals surface area contributed by atoms with Crippen LogP contribution in [0.3, 0.4) is 0 Å². The number of carbonyl (C=O) groups excluding carboxylic acids is 5. The Kier molecular flexibility index (Phi) is 11.3. The second-order valence-electron chi connectivity index (χ2n) is 15.9. The fraction of sp³-hybridized carbons (Fsp3) is 0.778. The van der Waals surface area contributed by atoms with E-state index in [4.69, 9.17) is 4.74 Å². The van der Waals surface area contributed by atoms with Crippen molar-refractivity contribution in [3.05, 3.63) is 11.6 Å². The van der Waals surface area contributed by atoms with E-state index in [9.17, 15) is 44.1 Å². The molecule has 9 atom stereocenters. The Labute approximate surface area is 282 Å². The Balaban J connectivity index is 1.32. The maximum absolute atomic E-state index is 13.5. The summed E-state index contributed by atoms with van der Waals surface area (Å²) < 4.78 is 5.23. The van der Waals surface area contributed by atoms with Crippen LogP contribution >= 0.6 is 0 Å². The molecular weight excluding hydrogens is 620 g/mol. The number of ether oxygens (including phenoxy) is 1. The summed E-state index contributed by atoms with van der Waals surface area (Å²) in [6, 6.07) is -2.12. The zero-order chi connectivity index (χ0) is 35.8. The zero-order valence-corrected chi connectivity index (χ0v) is 29.2. The number of rotatable bonds is 13. The number of aliphatic hydroxyl groups is 2. The summed E-state index contributed by atoms with van der Waals surface area (Å²) in [5.74, 6) is -4.07. The number of carboxylic acids is 1. The molecule has 0 radical (unpaired) electrons. The van der Waals surface area contributed by atoms with Crippen LogP contribution in [0.15, 0.2) is 11.6 Å². The maximum Gasteiger partial charge on any atom is 0.326 e. The van der Waals surface area contributed by atoms with Crippen molar-refractivity contribution in [3.63, 3.8) is 0 Å². The molecule has 12 heteroatoms. The number of aliphatic carboxylic acids is 1. The van der Waals surface area contributed by atoms with Crippen molar-refractivity contribution in [1.29, 1.82) is 0 Å². The van der Waals surface area contributed by atoms with Crippen molar-refractivity contribution in [1.82, 2.24) is 10.6 Å². The molecule has 3 fully saturated rings. The topological polar surface area (TPSA) is 196 Å². The van der Waals surface area contributed by atoms with Crippen LogP contribution in [0, 0.1) is 40.4 Å². The third-order valence-electron chi connectivity index (χ3n) is 12.0. The molecule has 4 rings (SSSR count). The second-order valence-corrected chi connectivity index (χ2v) is 15.9. The Morgan fingerprint density at radius 2 is 1.69 bits per heavy atom.